The first-order valence-corrected chi connectivity index (χ1v) is 11.1. The number of aromatic amines is 1. The van der Waals surface area contributed by atoms with Crippen LogP contribution in [0.2, 0.25) is 0 Å². The Labute approximate surface area is 187 Å². The van der Waals surface area contributed by atoms with Crippen molar-refractivity contribution in [2.45, 2.75) is 10.6 Å². The van der Waals surface area contributed by atoms with Crippen LogP contribution in [0.4, 0.5) is 10.7 Å². The third-order valence-electron chi connectivity index (χ3n) is 5.40. The molecule has 10 nitrogen and oxygen atoms in total. The van der Waals surface area contributed by atoms with Crippen LogP contribution in [0.3, 0.4) is 0 Å². The first-order valence-electron chi connectivity index (χ1n) is 9.70. The molecule has 1 aliphatic rings. The van der Waals surface area contributed by atoms with E-state index in [0.717, 1.165) is 0 Å². The van der Waals surface area contributed by atoms with Gasteiger partial charge in [0.1, 0.15) is 0 Å². The normalized spacial score (nSPS) is 17.8. The van der Waals surface area contributed by atoms with Gasteiger partial charge in [0.25, 0.3) is 15.9 Å². The summed E-state index contributed by atoms with van der Waals surface area (Å²) in [5, 5.41) is 22.9. The number of aromatic nitrogens is 2. The Morgan fingerprint density at radius 1 is 1.03 bits per heavy atom. The number of imidazole rings is 1. The molecule has 0 saturated heterocycles. The van der Waals surface area contributed by atoms with Crippen LogP contribution in [0.5, 0.6) is 0 Å². The van der Waals surface area contributed by atoms with Crippen molar-refractivity contribution in [3.63, 3.8) is 0 Å². The lowest BCUT2D eigenvalue weighted by Gasteiger charge is -2.33. The average Bonchev–Trinajstić information content (AvgIpc) is 3.30. The average molecular weight is 464 g/mol. The topological polar surface area (TPSA) is 153 Å². The number of hydrogen-bond acceptors (Lipinski definition) is 6. The van der Waals surface area contributed by atoms with E-state index < -0.39 is 27.7 Å². The lowest BCUT2D eigenvalue weighted by molar-refractivity contribution is -0.00707. The summed E-state index contributed by atoms with van der Waals surface area (Å²) in [6.45, 7) is 0. The number of benzene rings is 3. The predicted octanol–water partition coefficient (Wildman–Crippen LogP) is 2.69. The number of nitrogens with zero attached hydrogens (tertiary/aromatic N) is 2. The minimum absolute atomic E-state index is 0.0432. The quantitative estimate of drug-likeness (QED) is 0.362. The number of nitrogens with one attached hydrogen (secondary N) is 2. The molecule has 11 heteroatoms. The molecule has 33 heavy (non-hydrogen) atoms. The van der Waals surface area contributed by atoms with Crippen LogP contribution in [0, 0.1) is 0 Å². The summed E-state index contributed by atoms with van der Waals surface area (Å²) >= 11 is 0. The number of carboxylic acid groups (broad SMARTS) is 1. The van der Waals surface area contributed by atoms with Crippen LogP contribution in [-0.4, -0.2) is 44.9 Å². The van der Waals surface area contributed by atoms with Gasteiger partial charge in [-0.3, -0.25) is 10.1 Å². The predicted molar refractivity (Wildman–Crippen MR) is 117 cm³/mol. The molecule has 1 aliphatic heterocycles. The molecule has 4 N–H and O–H groups in total. The molecule has 4 aromatic rings. The zero-order chi connectivity index (χ0) is 23.4. The zero-order valence-electron chi connectivity index (χ0n) is 16.8. The highest BCUT2D eigenvalue weighted by molar-refractivity contribution is 7.89. The minimum atomic E-state index is -4.46. The Bertz CT molecular complexity index is 1530. The molecule has 2 amide bonds. The second-order valence-electron chi connectivity index (χ2n) is 7.35. The summed E-state index contributed by atoms with van der Waals surface area (Å²) in [4.78, 5) is 30.9. The van der Waals surface area contributed by atoms with Gasteiger partial charge >= 0.3 is 6.09 Å². The number of fused-ring (bicyclic) bond motifs is 2. The molecular formula is C22H16N4O6S. The summed E-state index contributed by atoms with van der Waals surface area (Å²) in [6.07, 6.45) is -1.32. The van der Waals surface area contributed by atoms with Crippen LogP contribution < -0.4 is 5.32 Å². The van der Waals surface area contributed by atoms with Crippen molar-refractivity contribution < 1.29 is 28.2 Å². The van der Waals surface area contributed by atoms with E-state index in [1.54, 1.807) is 18.2 Å². The number of hydrogen-bond donors (Lipinski definition) is 4. The van der Waals surface area contributed by atoms with Crippen molar-refractivity contribution in [1.82, 2.24) is 14.3 Å². The summed E-state index contributed by atoms with van der Waals surface area (Å²) in [6, 6.07) is 17.8. The van der Waals surface area contributed by atoms with Crippen LogP contribution in [0.1, 0.15) is 21.5 Å². The fraction of sp³-hybridized carbons (Fsp3) is 0.0455. The number of rotatable bonds is 4. The Kier molecular flexibility index (Phi) is 4.48. The fourth-order valence-electron chi connectivity index (χ4n) is 3.98. The maximum absolute atomic E-state index is 13.5. The van der Waals surface area contributed by atoms with Crippen molar-refractivity contribution in [3.05, 3.63) is 89.5 Å². The number of anilines is 1. The number of aliphatic hydroxyl groups is 1. The van der Waals surface area contributed by atoms with E-state index >= 15 is 0 Å². The van der Waals surface area contributed by atoms with Gasteiger partial charge in [0, 0.05) is 16.7 Å². The van der Waals surface area contributed by atoms with Gasteiger partial charge in [0.05, 0.1) is 15.9 Å². The minimum Gasteiger partial charge on any atom is -0.465 e. The second-order valence-corrected chi connectivity index (χ2v) is 9.14. The molecule has 0 radical (unpaired) electrons. The van der Waals surface area contributed by atoms with Crippen LogP contribution in [0.25, 0.3) is 11.0 Å². The van der Waals surface area contributed by atoms with Crippen molar-refractivity contribution in [3.8, 4) is 0 Å². The maximum Gasteiger partial charge on any atom is 0.411 e. The standard InChI is InChI=1S/C22H16N4O6S/c27-19-15-8-4-5-9-16(15)22(30,26(19)33(31,32)14-6-2-1-3-7-14)13-10-11-17-18(12-13)24-20(23-17)25-21(28)29/h1-12,30H,(H,28,29)(H2,23,24,25). The van der Waals surface area contributed by atoms with Crippen molar-refractivity contribution in [1.29, 1.82) is 0 Å². The molecule has 0 bridgehead atoms. The second kappa shape index (κ2) is 7.15. The SMILES string of the molecule is O=C(O)Nc1nc2ccc(C3(O)c4ccccc4C(=O)N3S(=O)(=O)c3ccccc3)cc2[nH]1. The largest absolute Gasteiger partial charge is 0.465 e. The first kappa shape index (κ1) is 20.7. The Hall–Kier alpha value is -4.22. The van der Waals surface area contributed by atoms with Crippen molar-refractivity contribution in [2.75, 3.05) is 5.32 Å². The lowest BCUT2D eigenvalue weighted by atomic mass is 9.94. The Morgan fingerprint density at radius 2 is 1.73 bits per heavy atom. The van der Waals surface area contributed by atoms with Gasteiger partial charge in [-0.25, -0.2) is 18.2 Å². The van der Waals surface area contributed by atoms with Crippen molar-refractivity contribution in [2.24, 2.45) is 0 Å². The molecule has 1 unspecified atom stereocenters. The summed E-state index contributed by atoms with van der Waals surface area (Å²) in [7, 11) is -4.46. The van der Waals surface area contributed by atoms with Gasteiger partial charge in [0.15, 0.2) is 0 Å². The van der Waals surface area contributed by atoms with E-state index in [2.05, 4.69) is 15.3 Å². The number of amides is 2. The van der Waals surface area contributed by atoms with Gasteiger partial charge in [-0.1, -0.05) is 42.5 Å². The highest BCUT2D eigenvalue weighted by atomic mass is 32.2. The van der Waals surface area contributed by atoms with Gasteiger partial charge in [-0.05, 0) is 30.3 Å². The van der Waals surface area contributed by atoms with E-state index in [0.29, 0.717) is 15.3 Å². The monoisotopic (exact) mass is 464 g/mol. The number of carbonyl (C=O) groups is 2. The molecule has 1 atom stereocenters. The summed E-state index contributed by atoms with van der Waals surface area (Å²) in [5.41, 5.74) is -1.39. The highest BCUT2D eigenvalue weighted by Gasteiger charge is 2.55. The number of carbonyl (C=O) groups excluding carboxylic acids is 1. The summed E-state index contributed by atoms with van der Waals surface area (Å²) in [5.74, 6) is -0.909. The molecule has 2 heterocycles. The molecule has 166 valence electrons. The highest BCUT2D eigenvalue weighted by Crippen LogP contribution is 2.45. The molecule has 0 saturated carbocycles. The van der Waals surface area contributed by atoms with Crippen LogP contribution >= 0.6 is 0 Å². The third-order valence-corrected chi connectivity index (χ3v) is 7.18. The molecule has 0 aliphatic carbocycles. The Morgan fingerprint density at radius 3 is 2.45 bits per heavy atom. The van der Waals surface area contributed by atoms with E-state index in [4.69, 9.17) is 5.11 Å². The van der Waals surface area contributed by atoms with E-state index in [1.807, 2.05) is 0 Å². The molecule has 3 aromatic carbocycles. The van der Waals surface area contributed by atoms with Gasteiger partial charge in [0.2, 0.25) is 11.7 Å². The smallest absolute Gasteiger partial charge is 0.411 e. The number of sulfonamides is 1. The molecule has 0 fully saturated rings. The molecular weight excluding hydrogens is 448 g/mol. The number of H-pyrrole nitrogens is 1. The van der Waals surface area contributed by atoms with Crippen LogP contribution in [0.15, 0.2) is 77.7 Å². The first-order chi connectivity index (χ1) is 15.7. The molecule has 1 aromatic heterocycles. The van der Waals surface area contributed by atoms with Gasteiger partial charge in [-0.2, -0.15) is 4.31 Å². The van der Waals surface area contributed by atoms with E-state index in [-0.39, 0.29) is 27.5 Å². The molecule has 5 rings (SSSR count). The maximum atomic E-state index is 13.5. The van der Waals surface area contributed by atoms with Crippen molar-refractivity contribution >= 4 is 39.0 Å². The third kappa shape index (κ3) is 3.05. The van der Waals surface area contributed by atoms with Gasteiger partial charge < -0.3 is 15.2 Å². The van der Waals surface area contributed by atoms with E-state index in [9.17, 15) is 23.1 Å². The van der Waals surface area contributed by atoms with Crippen LogP contribution in [-0.2, 0) is 15.7 Å². The fourth-order valence-corrected chi connectivity index (χ4v) is 5.56. The van der Waals surface area contributed by atoms with E-state index in [1.165, 1.54) is 54.6 Å². The molecule has 0 spiro atoms. The zero-order valence-corrected chi connectivity index (χ0v) is 17.6. The van der Waals surface area contributed by atoms with Gasteiger partial charge in [-0.15, -0.1) is 0 Å². The summed E-state index contributed by atoms with van der Waals surface area (Å²) < 4.78 is 27.6. The lowest BCUT2D eigenvalue weighted by Crippen LogP contribution is -2.48. The Balaban J connectivity index is 1.73.